The summed E-state index contributed by atoms with van der Waals surface area (Å²) in [5.74, 6) is 0. The van der Waals surface area contributed by atoms with Crippen molar-refractivity contribution in [1.82, 2.24) is 0 Å². The van der Waals surface area contributed by atoms with Crippen LogP contribution in [0.4, 0.5) is 0 Å². The average molecular weight is 114 g/mol. The lowest BCUT2D eigenvalue weighted by Gasteiger charge is -1.86. The standard InChI is InChI=1S/C6H10S/c1-3-4-5-6(2)7/h3-7H,1H2,2H3/b5-4-. The molecule has 0 aromatic rings. The van der Waals surface area contributed by atoms with E-state index in [1.54, 1.807) is 6.08 Å². The molecular formula is C6H10S. The molecule has 0 aliphatic rings. The van der Waals surface area contributed by atoms with Gasteiger partial charge in [0.05, 0.1) is 0 Å². The number of hydrogen-bond donors (Lipinski definition) is 1. The van der Waals surface area contributed by atoms with Crippen LogP contribution >= 0.6 is 12.6 Å². The van der Waals surface area contributed by atoms with E-state index in [0.29, 0.717) is 5.25 Å². The fourth-order valence-electron chi connectivity index (χ4n) is 0.239. The van der Waals surface area contributed by atoms with Crippen LogP contribution < -0.4 is 0 Å². The van der Waals surface area contributed by atoms with Crippen LogP contribution in [-0.4, -0.2) is 5.25 Å². The lowest BCUT2D eigenvalue weighted by atomic mass is 10.4. The minimum absolute atomic E-state index is 0.345. The van der Waals surface area contributed by atoms with Gasteiger partial charge in [0.1, 0.15) is 0 Å². The number of thiol groups is 1. The summed E-state index contributed by atoms with van der Waals surface area (Å²) in [7, 11) is 0. The summed E-state index contributed by atoms with van der Waals surface area (Å²) in [5, 5.41) is 0.345. The highest BCUT2D eigenvalue weighted by molar-refractivity contribution is 7.81. The Bertz CT molecular complexity index is 72.2. The van der Waals surface area contributed by atoms with Gasteiger partial charge < -0.3 is 0 Å². The average Bonchev–Trinajstić information content (AvgIpc) is 1.61. The Morgan fingerprint density at radius 3 is 2.43 bits per heavy atom. The van der Waals surface area contributed by atoms with Gasteiger partial charge in [-0.15, -0.1) is 0 Å². The van der Waals surface area contributed by atoms with Crippen LogP contribution in [0.25, 0.3) is 0 Å². The Morgan fingerprint density at radius 1 is 1.71 bits per heavy atom. The largest absolute Gasteiger partial charge is 0.172 e. The molecule has 0 N–H and O–H groups in total. The van der Waals surface area contributed by atoms with E-state index in [2.05, 4.69) is 19.2 Å². The Morgan fingerprint density at radius 2 is 2.29 bits per heavy atom. The lowest BCUT2D eigenvalue weighted by Crippen LogP contribution is -1.78. The van der Waals surface area contributed by atoms with Crippen LogP contribution in [-0.2, 0) is 0 Å². The minimum Gasteiger partial charge on any atom is -0.172 e. The predicted octanol–water partition coefficient (Wildman–Crippen LogP) is 2.05. The molecule has 0 saturated heterocycles. The first-order valence-corrected chi connectivity index (χ1v) is 2.76. The Labute approximate surface area is 50.3 Å². The molecule has 1 unspecified atom stereocenters. The van der Waals surface area contributed by atoms with E-state index in [1.807, 2.05) is 19.1 Å². The SMILES string of the molecule is C=C/C=C\C(C)S. The monoisotopic (exact) mass is 114 g/mol. The highest BCUT2D eigenvalue weighted by Crippen LogP contribution is 1.92. The van der Waals surface area contributed by atoms with Crippen molar-refractivity contribution in [3.05, 3.63) is 24.8 Å². The van der Waals surface area contributed by atoms with Crippen molar-refractivity contribution in [2.24, 2.45) is 0 Å². The smallest absolute Gasteiger partial charge is 0.0171 e. The van der Waals surface area contributed by atoms with Crippen LogP contribution in [0.2, 0.25) is 0 Å². The van der Waals surface area contributed by atoms with Gasteiger partial charge in [-0.2, -0.15) is 12.6 Å². The van der Waals surface area contributed by atoms with Gasteiger partial charge >= 0.3 is 0 Å². The summed E-state index contributed by atoms with van der Waals surface area (Å²) in [4.78, 5) is 0. The Hall–Kier alpha value is -0.170. The molecule has 0 amide bonds. The van der Waals surface area contributed by atoms with Crippen molar-refractivity contribution in [3.8, 4) is 0 Å². The highest BCUT2D eigenvalue weighted by Gasteiger charge is 1.78. The number of allylic oxidation sites excluding steroid dienone is 2. The van der Waals surface area contributed by atoms with E-state index >= 15 is 0 Å². The van der Waals surface area contributed by atoms with Gasteiger partial charge in [-0.05, 0) is 6.92 Å². The predicted molar refractivity (Wildman–Crippen MR) is 37.8 cm³/mol. The molecular weight excluding hydrogens is 104 g/mol. The van der Waals surface area contributed by atoms with Gasteiger partial charge in [0, 0.05) is 5.25 Å². The third-order valence-corrected chi connectivity index (χ3v) is 0.698. The van der Waals surface area contributed by atoms with Crippen LogP contribution in [0.3, 0.4) is 0 Å². The molecule has 0 aromatic carbocycles. The van der Waals surface area contributed by atoms with Crippen molar-refractivity contribution in [2.75, 3.05) is 0 Å². The molecule has 0 fully saturated rings. The fourth-order valence-corrected chi connectivity index (χ4v) is 0.339. The molecule has 1 atom stereocenters. The molecule has 0 rings (SSSR count). The molecule has 0 nitrogen and oxygen atoms in total. The third-order valence-electron chi connectivity index (χ3n) is 0.526. The lowest BCUT2D eigenvalue weighted by molar-refractivity contribution is 1.26. The molecule has 0 aliphatic carbocycles. The van der Waals surface area contributed by atoms with Crippen molar-refractivity contribution in [3.63, 3.8) is 0 Å². The quantitative estimate of drug-likeness (QED) is 0.412. The third kappa shape index (κ3) is 5.83. The first-order valence-electron chi connectivity index (χ1n) is 2.24. The van der Waals surface area contributed by atoms with Crippen molar-refractivity contribution >= 4 is 12.6 Å². The fraction of sp³-hybridized carbons (Fsp3) is 0.333. The van der Waals surface area contributed by atoms with E-state index < -0.39 is 0 Å². The van der Waals surface area contributed by atoms with Gasteiger partial charge in [-0.1, -0.05) is 24.8 Å². The maximum absolute atomic E-state index is 4.10. The van der Waals surface area contributed by atoms with E-state index in [1.165, 1.54) is 0 Å². The summed E-state index contributed by atoms with van der Waals surface area (Å²) >= 11 is 4.10. The summed E-state index contributed by atoms with van der Waals surface area (Å²) in [6, 6.07) is 0. The molecule has 0 spiro atoms. The summed E-state index contributed by atoms with van der Waals surface area (Å²) < 4.78 is 0. The van der Waals surface area contributed by atoms with E-state index in [0.717, 1.165) is 0 Å². The second-order valence-corrected chi connectivity index (χ2v) is 2.18. The zero-order chi connectivity index (χ0) is 5.70. The topological polar surface area (TPSA) is 0 Å². The molecule has 0 aliphatic heterocycles. The first kappa shape index (κ1) is 6.83. The zero-order valence-corrected chi connectivity index (χ0v) is 5.36. The van der Waals surface area contributed by atoms with E-state index in [-0.39, 0.29) is 0 Å². The van der Waals surface area contributed by atoms with Crippen molar-refractivity contribution in [1.29, 1.82) is 0 Å². The molecule has 0 radical (unpaired) electrons. The number of rotatable bonds is 2. The van der Waals surface area contributed by atoms with E-state index in [9.17, 15) is 0 Å². The summed E-state index contributed by atoms with van der Waals surface area (Å²) in [6.45, 7) is 5.51. The second-order valence-electron chi connectivity index (χ2n) is 1.36. The maximum atomic E-state index is 4.10. The first-order chi connectivity index (χ1) is 3.27. The molecule has 40 valence electrons. The van der Waals surface area contributed by atoms with Crippen LogP contribution in [0.15, 0.2) is 24.8 Å². The minimum atomic E-state index is 0.345. The van der Waals surface area contributed by atoms with Crippen LogP contribution in [0.1, 0.15) is 6.92 Å². The van der Waals surface area contributed by atoms with Crippen molar-refractivity contribution in [2.45, 2.75) is 12.2 Å². The summed E-state index contributed by atoms with van der Waals surface area (Å²) in [6.07, 6.45) is 5.60. The molecule has 0 bridgehead atoms. The van der Waals surface area contributed by atoms with Gasteiger partial charge in [-0.3, -0.25) is 0 Å². The molecule has 7 heavy (non-hydrogen) atoms. The number of hydrogen-bond acceptors (Lipinski definition) is 1. The van der Waals surface area contributed by atoms with E-state index in [4.69, 9.17) is 0 Å². The second kappa shape index (κ2) is 4.00. The normalized spacial score (nSPS) is 14.6. The van der Waals surface area contributed by atoms with Gasteiger partial charge in [0.25, 0.3) is 0 Å². The van der Waals surface area contributed by atoms with Crippen LogP contribution in [0.5, 0.6) is 0 Å². The van der Waals surface area contributed by atoms with Gasteiger partial charge in [0.15, 0.2) is 0 Å². The maximum Gasteiger partial charge on any atom is 0.0171 e. The Balaban J connectivity index is 3.25. The van der Waals surface area contributed by atoms with Gasteiger partial charge in [0.2, 0.25) is 0 Å². The molecule has 0 saturated carbocycles. The van der Waals surface area contributed by atoms with Crippen molar-refractivity contribution < 1.29 is 0 Å². The van der Waals surface area contributed by atoms with Crippen LogP contribution in [0, 0.1) is 0 Å². The molecule has 0 aromatic heterocycles. The highest BCUT2D eigenvalue weighted by atomic mass is 32.1. The van der Waals surface area contributed by atoms with Gasteiger partial charge in [-0.25, -0.2) is 0 Å². The molecule has 1 heteroatoms. The summed E-state index contributed by atoms with van der Waals surface area (Å²) in [5.41, 5.74) is 0. The zero-order valence-electron chi connectivity index (χ0n) is 4.46. The molecule has 0 heterocycles. The Kier molecular flexibility index (Phi) is 3.90.